The van der Waals surface area contributed by atoms with Crippen molar-refractivity contribution in [2.75, 3.05) is 0 Å². The molecule has 0 radical (unpaired) electrons. The number of hydrogen-bond acceptors (Lipinski definition) is 6. The predicted molar refractivity (Wildman–Crippen MR) is 131 cm³/mol. The average Bonchev–Trinajstić information content (AvgIpc) is 2.81. The Labute approximate surface area is 206 Å². The van der Waals surface area contributed by atoms with Gasteiger partial charge in [-0.05, 0) is 69.7 Å². The molecule has 35 heavy (non-hydrogen) atoms. The molecule has 0 bridgehead atoms. The minimum absolute atomic E-state index is 0.116. The zero-order chi connectivity index (χ0) is 25.3. The highest BCUT2D eigenvalue weighted by Crippen LogP contribution is 2.32. The number of rotatable bonds is 6. The fraction of sp³-hybridized carbons (Fsp3) is 0.231. The molecular formula is C26H24ClFN4O3. The van der Waals surface area contributed by atoms with Crippen LogP contribution in [0.5, 0.6) is 5.75 Å². The lowest BCUT2D eigenvalue weighted by molar-refractivity contribution is 0.0688. The maximum atomic E-state index is 13.1. The number of ether oxygens (including phenoxy) is 1. The van der Waals surface area contributed by atoms with Gasteiger partial charge in [-0.2, -0.15) is 0 Å². The van der Waals surface area contributed by atoms with E-state index in [0.717, 1.165) is 17.3 Å². The second-order valence-corrected chi connectivity index (χ2v) is 9.06. The van der Waals surface area contributed by atoms with Gasteiger partial charge in [0.05, 0.1) is 28.3 Å². The number of nitrogens with zero attached hydrogens (tertiary/aromatic N) is 4. The topological polar surface area (TPSA) is 90.1 Å². The summed E-state index contributed by atoms with van der Waals surface area (Å²) in [5.41, 5.74) is 2.44. The Hall–Kier alpha value is -3.62. The van der Waals surface area contributed by atoms with Crippen LogP contribution in [0.25, 0.3) is 16.9 Å². The summed E-state index contributed by atoms with van der Waals surface area (Å²) in [6, 6.07) is 11.2. The molecule has 0 aliphatic rings. The van der Waals surface area contributed by atoms with Gasteiger partial charge in [-0.1, -0.05) is 11.6 Å². The molecule has 0 amide bonds. The molecule has 4 rings (SSSR count). The van der Waals surface area contributed by atoms with E-state index >= 15 is 0 Å². The molecule has 1 N–H and O–H groups in total. The summed E-state index contributed by atoms with van der Waals surface area (Å²) in [7, 11) is 0. The SMILES string of the molecule is Cc1cc(OCc2ccc(F)cn2)c(Cl)cc1-n1c(C)c(-c2ccnc(C(C)(C)O)n2)ccc1=O. The normalized spacial score (nSPS) is 11.5. The molecule has 0 saturated heterocycles. The summed E-state index contributed by atoms with van der Waals surface area (Å²) in [6.45, 7) is 7.01. The van der Waals surface area contributed by atoms with Crippen molar-refractivity contribution < 1.29 is 14.2 Å². The third-order valence-electron chi connectivity index (χ3n) is 5.47. The number of aryl methyl sites for hydroxylation is 1. The van der Waals surface area contributed by atoms with Crippen LogP contribution in [0.4, 0.5) is 4.39 Å². The van der Waals surface area contributed by atoms with Crippen LogP contribution in [0.15, 0.2) is 59.7 Å². The Morgan fingerprint density at radius 1 is 1.11 bits per heavy atom. The van der Waals surface area contributed by atoms with Gasteiger partial charge >= 0.3 is 0 Å². The van der Waals surface area contributed by atoms with E-state index in [-0.39, 0.29) is 18.0 Å². The van der Waals surface area contributed by atoms with Crippen LogP contribution < -0.4 is 10.3 Å². The van der Waals surface area contributed by atoms with Crippen LogP contribution in [0.2, 0.25) is 5.02 Å². The predicted octanol–water partition coefficient (Wildman–Crippen LogP) is 4.91. The first-order chi connectivity index (χ1) is 16.5. The lowest BCUT2D eigenvalue weighted by Crippen LogP contribution is -2.22. The van der Waals surface area contributed by atoms with E-state index in [1.54, 1.807) is 48.9 Å². The standard InChI is InChI=1S/C26H24ClFN4O3/c1-15-11-23(35-14-18-6-5-17(28)13-30-18)20(27)12-22(15)32-16(2)19(7-8-24(32)33)21-9-10-29-25(31-21)26(3,4)34/h5-13,34H,14H2,1-4H3. The van der Waals surface area contributed by atoms with Crippen molar-refractivity contribution in [1.29, 1.82) is 0 Å². The van der Waals surface area contributed by atoms with E-state index in [1.807, 2.05) is 13.8 Å². The summed E-state index contributed by atoms with van der Waals surface area (Å²) in [4.78, 5) is 25.6. The van der Waals surface area contributed by atoms with Crippen LogP contribution in [0, 0.1) is 19.7 Å². The van der Waals surface area contributed by atoms with Crippen LogP contribution >= 0.6 is 11.6 Å². The van der Waals surface area contributed by atoms with E-state index in [1.165, 1.54) is 18.2 Å². The highest BCUT2D eigenvalue weighted by atomic mass is 35.5. The third kappa shape index (κ3) is 5.23. The average molecular weight is 495 g/mol. The first kappa shape index (κ1) is 24.5. The van der Waals surface area contributed by atoms with E-state index < -0.39 is 11.4 Å². The highest BCUT2D eigenvalue weighted by molar-refractivity contribution is 6.32. The van der Waals surface area contributed by atoms with Gasteiger partial charge in [-0.3, -0.25) is 14.3 Å². The minimum atomic E-state index is -1.21. The fourth-order valence-electron chi connectivity index (χ4n) is 3.65. The lowest BCUT2D eigenvalue weighted by Gasteiger charge is -2.19. The number of pyridine rings is 2. The van der Waals surface area contributed by atoms with Crippen molar-refractivity contribution in [3.05, 3.63) is 98.8 Å². The molecule has 9 heteroatoms. The molecule has 3 aromatic heterocycles. The first-order valence-corrected chi connectivity index (χ1v) is 11.2. The van der Waals surface area contributed by atoms with E-state index in [4.69, 9.17) is 16.3 Å². The fourth-order valence-corrected chi connectivity index (χ4v) is 3.86. The van der Waals surface area contributed by atoms with Gasteiger partial charge in [0.15, 0.2) is 5.82 Å². The Balaban J connectivity index is 1.72. The van der Waals surface area contributed by atoms with Crippen LogP contribution in [0.3, 0.4) is 0 Å². The number of aliphatic hydroxyl groups is 1. The monoisotopic (exact) mass is 494 g/mol. The van der Waals surface area contributed by atoms with Crippen molar-refractivity contribution in [1.82, 2.24) is 19.5 Å². The number of aromatic nitrogens is 4. The number of hydrogen-bond donors (Lipinski definition) is 1. The molecule has 7 nitrogen and oxygen atoms in total. The van der Waals surface area contributed by atoms with Gasteiger partial charge in [0.2, 0.25) is 0 Å². The molecule has 0 atom stereocenters. The van der Waals surface area contributed by atoms with Crippen molar-refractivity contribution in [2.45, 2.75) is 39.9 Å². The maximum Gasteiger partial charge on any atom is 0.255 e. The van der Waals surface area contributed by atoms with Crippen LogP contribution in [0.1, 0.15) is 36.6 Å². The van der Waals surface area contributed by atoms with Gasteiger partial charge in [0.25, 0.3) is 5.56 Å². The quantitative estimate of drug-likeness (QED) is 0.410. The molecule has 0 unspecified atom stereocenters. The Bertz CT molecular complexity index is 1450. The molecule has 0 aliphatic carbocycles. The molecule has 4 aromatic rings. The smallest absolute Gasteiger partial charge is 0.255 e. The zero-order valence-electron chi connectivity index (χ0n) is 19.7. The van der Waals surface area contributed by atoms with Gasteiger partial charge in [-0.25, -0.2) is 14.4 Å². The second kappa shape index (κ2) is 9.56. The summed E-state index contributed by atoms with van der Waals surface area (Å²) in [6.07, 6.45) is 2.70. The number of benzene rings is 1. The van der Waals surface area contributed by atoms with Crippen LogP contribution in [-0.4, -0.2) is 24.6 Å². The molecule has 0 saturated carbocycles. The molecule has 0 fully saturated rings. The van der Waals surface area contributed by atoms with E-state index in [9.17, 15) is 14.3 Å². The number of halogens is 2. The lowest BCUT2D eigenvalue weighted by atomic mass is 10.1. The molecular weight excluding hydrogens is 471 g/mol. The van der Waals surface area contributed by atoms with Crippen molar-refractivity contribution in [3.63, 3.8) is 0 Å². The summed E-state index contributed by atoms with van der Waals surface area (Å²) >= 11 is 6.51. The van der Waals surface area contributed by atoms with E-state index in [0.29, 0.717) is 33.5 Å². The Kier molecular flexibility index (Phi) is 6.69. The molecule has 180 valence electrons. The van der Waals surface area contributed by atoms with Crippen molar-refractivity contribution in [2.24, 2.45) is 0 Å². The Morgan fingerprint density at radius 3 is 2.57 bits per heavy atom. The van der Waals surface area contributed by atoms with Gasteiger partial charge in [-0.15, -0.1) is 0 Å². The molecule has 0 spiro atoms. The first-order valence-electron chi connectivity index (χ1n) is 10.9. The zero-order valence-corrected chi connectivity index (χ0v) is 20.5. The van der Waals surface area contributed by atoms with Crippen molar-refractivity contribution in [3.8, 4) is 22.7 Å². The summed E-state index contributed by atoms with van der Waals surface area (Å²) in [5, 5.41) is 10.6. The van der Waals surface area contributed by atoms with Gasteiger partial charge in [0, 0.05) is 23.5 Å². The third-order valence-corrected chi connectivity index (χ3v) is 5.77. The largest absolute Gasteiger partial charge is 0.486 e. The maximum absolute atomic E-state index is 13.1. The molecule has 3 heterocycles. The molecule has 1 aromatic carbocycles. The van der Waals surface area contributed by atoms with Crippen molar-refractivity contribution >= 4 is 11.6 Å². The second-order valence-electron chi connectivity index (χ2n) is 8.66. The summed E-state index contributed by atoms with van der Waals surface area (Å²) < 4.78 is 20.4. The van der Waals surface area contributed by atoms with Gasteiger partial charge < -0.3 is 9.84 Å². The minimum Gasteiger partial charge on any atom is -0.486 e. The van der Waals surface area contributed by atoms with Crippen LogP contribution in [-0.2, 0) is 12.2 Å². The highest BCUT2D eigenvalue weighted by Gasteiger charge is 2.21. The Morgan fingerprint density at radius 2 is 1.89 bits per heavy atom. The van der Waals surface area contributed by atoms with Gasteiger partial charge in [0.1, 0.15) is 23.8 Å². The van der Waals surface area contributed by atoms with E-state index in [2.05, 4.69) is 15.0 Å². The summed E-state index contributed by atoms with van der Waals surface area (Å²) in [5.74, 6) is 0.281. The molecule has 0 aliphatic heterocycles.